The van der Waals surface area contributed by atoms with Gasteiger partial charge in [-0.3, -0.25) is 4.79 Å². The van der Waals surface area contributed by atoms with Gasteiger partial charge in [-0.05, 0) is 50.5 Å². The van der Waals surface area contributed by atoms with Crippen LogP contribution in [0.4, 0.5) is 0 Å². The van der Waals surface area contributed by atoms with Crippen LogP contribution in [0.1, 0.15) is 99.1 Å². The molecule has 4 aliphatic heterocycles. The predicted molar refractivity (Wildman–Crippen MR) is 231 cm³/mol. The first-order chi connectivity index (χ1) is 31.9. The normalized spacial score (nSPS) is 34.0. The van der Waals surface area contributed by atoms with E-state index < -0.39 is 137 Å². The zero-order valence-electron chi connectivity index (χ0n) is 37.6. The Morgan fingerprint density at radius 3 is 2.01 bits per heavy atom. The maximum atomic E-state index is 14.5. The lowest BCUT2D eigenvalue weighted by Gasteiger charge is -2.44. The first kappa shape index (κ1) is 47.2. The fourth-order valence-electron chi connectivity index (χ4n) is 10.3. The maximum Gasteiger partial charge on any atom is 0.342 e. The molecule has 15 atom stereocenters. The number of benzene rings is 3. The fraction of sp³-hybridized carbons (Fsp3) is 0.574. The molecule has 67 heavy (non-hydrogen) atoms. The average Bonchev–Trinajstić information content (AvgIpc) is 3.27. The molecule has 8 N–H and O–H groups in total. The Balaban J connectivity index is 0.978. The minimum Gasteiger partial charge on any atom is -0.507 e. The van der Waals surface area contributed by atoms with Gasteiger partial charge < -0.3 is 87.9 Å². The second-order valence-electron chi connectivity index (χ2n) is 18.0. The van der Waals surface area contributed by atoms with Crippen molar-refractivity contribution in [1.29, 1.82) is 0 Å². The Morgan fingerprint density at radius 1 is 0.731 bits per heavy atom. The summed E-state index contributed by atoms with van der Waals surface area (Å²) < 4.78 is 59.4. The van der Waals surface area contributed by atoms with Crippen LogP contribution in [0.5, 0.6) is 28.7 Å². The SMILES string of the molecule is CCCC1Cc2cc3c(c(O)c2C(=O)O1)-c1c(c(OC)c2oc4c(O[C@H]5C[C@H](O)[C@H](O[C@H]6C[C@H](O)[C@H](O[C@H]7C[C@H](OC)[C@H](O)C(C)O7)C(C)O6)C(C)O5)ccc(O)c4c(=O)c2c1O)[C@H](O)[C@@H]3O. The molecule has 0 saturated carbocycles. The van der Waals surface area contributed by atoms with Crippen molar-refractivity contribution in [3.63, 3.8) is 0 Å². The number of esters is 1. The van der Waals surface area contributed by atoms with Crippen LogP contribution in [0.25, 0.3) is 33.1 Å². The van der Waals surface area contributed by atoms with Gasteiger partial charge in [-0.1, -0.05) is 19.4 Å². The number of ether oxygens (including phenoxy) is 9. The van der Waals surface area contributed by atoms with Crippen LogP contribution in [0.3, 0.4) is 0 Å². The van der Waals surface area contributed by atoms with Gasteiger partial charge in [-0.2, -0.15) is 0 Å². The number of phenols is 3. The molecule has 1 aromatic heterocycles. The van der Waals surface area contributed by atoms with E-state index in [1.807, 2.05) is 6.92 Å². The second kappa shape index (κ2) is 18.2. The molecule has 9 rings (SSSR count). The third kappa shape index (κ3) is 8.04. The molecule has 1 aliphatic carbocycles. The zero-order chi connectivity index (χ0) is 47.9. The molecule has 0 radical (unpaired) electrons. The summed E-state index contributed by atoms with van der Waals surface area (Å²) in [4.78, 5) is 27.8. The van der Waals surface area contributed by atoms with Crippen molar-refractivity contribution >= 4 is 27.9 Å². The Kier molecular flexibility index (Phi) is 12.9. The molecule has 20 nitrogen and oxygen atoms in total. The van der Waals surface area contributed by atoms with E-state index in [2.05, 4.69) is 0 Å². The van der Waals surface area contributed by atoms with Crippen LogP contribution < -0.4 is 14.9 Å². The molecule has 20 heteroatoms. The summed E-state index contributed by atoms with van der Waals surface area (Å²) in [6.07, 6.45) is -12.8. The highest BCUT2D eigenvalue weighted by Gasteiger charge is 2.47. The van der Waals surface area contributed by atoms with Gasteiger partial charge in [0.25, 0.3) is 0 Å². The fourth-order valence-corrected chi connectivity index (χ4v) is 10.3. The molecule has 4 aromatic rings. The molecular formula is C47H56O20. The summed E-state index contributed by atoms with van der Waals surface area (Å²) >= 11 is 0. The van der Waals surface area contributed by atoms with Crippen molar-refractivity contribution in [3.8, 4) is 39.9 Å². The molecule has 3 fully saturated rings. The molecule has 364 valence electrons. The van der Waals surface area contributed by atoms with Gasteiger partial charge in [-0.15, -0.1) is 0 Å². The van der Waals surface area contributed by atoms with Crippen molar-refractivity contribution in [2.75, 3.05) is 14.2 Å². The highest BCUT2D eigenvalue weighted by atomic mass is 16.7. The Bertz CT molecular complexity index is 2590. The number of fused-ring (bicyclic) bond motifs is 6. The van der Waals surface area contributed by atoms with Crippen molar-refractivity contribution in [1.82, 2.24) is 0 Å². The van der Waals surface area contributed by atoms with Gasteiger partial charge in [0, 0.05) is 49.5 Å². The number of cyclic esters (lactones) is 1. The van der Waals surface area contributed by atoms with Crippen molar-refractivity contribution in [2.45, 2.75) is 158 Å². The van der Waals surface area contributed by atoms with Crippen LogP contribution in [0, 0.1) is 0 Å². The molecule has 0 bridgehead atoms. The number of aliphatic hydroxyl groups is 5. The number of hydrogen-bond acceptors (Lipinski definition) is 20. The van der Waals surface area contributed by atoms with Gasteiger partial charge in [-0.25, -0.2) is 4.79 Å². The summed E-state index contributed by atoms with van der Waals surface area (Å²) in [7, 11) is 2.68. The smallest absolute Gasteiger partial charge is 0.342 e. The molecule has 0 spiro atoms. The number of aliphatic hydroxyl groups excluding tert-OH is 5. The monoisotopic (exact) mass is 940 g/mol. The number of carbonyl (C=O) groups is 1. The lowest BCUT2D eigenvalue weighted by molar-refractivity contribution is -0.331. The minimum absolute atomic E-state index is 0.0147. The zero-order valence-corrected chi connectivity index (χ0v) is 37.6. The lowest BCUT2D eigenvalue weighted by Crippen LogP contribution is -2.56. The maximum absolute atomic E-state index is 14.5. The van der Waals surface area contributed by atoms with Crippen LogP contribution in [0.15, 0.2) is 27.4 Å². The quantitative estimate of drug-likeness (QED) is 0.0835. The Morgan fingerprint density at radius 2 is 1.37 bits per heavy atom. The van der Waals surface area contributed by atoms with Gasteiger partial charge in [0.2, 0.25) is 11.7 Å². The second-order valence-corrected chi connectivity index (χ2v) is 18.0. The average molecular weight is 941 g/mol. The summed E-state index contributed by atoms with van der Waals surface area (Å²) in [6.45, 7) is 6.97. The molecular weight excluding hydrogens is 884 g/mol. The summed E-state index contributed by atoms with van der Waals surface area (Å²) in [5, 5.41) is 90.0. The highest BCUT2D eigenvalue weighted by molar-refractivity contribution is 6.07. The number of carbonyl (C=O) groups excluding carboxylic acids is 1. The summed E-state index contributed by atoms with van der Waals surface area (Å²) in [6, 6.07) is 3.93. The van der Waals surface area contributed by atoms with Crippen molar-refractivity contribution in [2.24, 2.45) is 0 Å². The number of methoxy groups -OCH3 is 2. The van der Waals surface area contributed by atoms with E-state index in [9.17, 15) is 50.4 Å². The Labute approximate surface area is 383 Å². The predicted octanol–water partition coefficient (Wildman–Crippen LogP) is 3.35. The number of aromatic hydroxyl groups is 3. The lowest BCUT2D eigenvalue weighted by atomic mass is 9.77. The van der Waals surface area contributed by atoms with E-state index in [1.165, 1.54) is 26.4 Å². The van der Waals surface area contributed by atoms with Gasteiger partial charge >= 0.3 is 5.97 Å². The first-order valence-electron chi connectivity index (χ1n) is 22.5. The molecule has 3 aromatic carbocycles. The molecule has 0 amide bonds. The van der Waals surface area contributed by atoms with E-state index in [0.29, 0.717) is 12.0 Å². The van der Waals surface area contributed by atoms with Gasteiger partial charge in [0.15, 0.2) is 35.2 Å². The van der Waals surface area contributed by atoms with E-state index in [-0.39, 0.29) is 70.6 Å². The van der Waals surface area contributed by atoms with E-state index >= 15 is 0 Å². The largest absolute Gasteiger partial charge is 0.507 e. The Hall–Kier alpha value is -4.84. The van der Waals surface area contributed by atoms with E-state index in [4.69, 9.17) is 47.0 Å². The summed E-state index contributed by atoms with van der Waals surface area (Å²) in [5.41, 5.74) is -2.35. The van der Waals surface area contributed by atoms with E-state index in [0.717, 1.165) is 12.5 Å². The van der Waals surface area contributed by atoms with Crippen LogP contribution in [0.2, 0.25) is 0 Å². The molecule has 5 aliphatic rings. The molecule has 3 saturated heterocycles. The number of rotatable bonds is 10. The van der Waals surface area contributed by atoms with Crippen molar-refractivity contribution < 1.29 is 92.7 Å². The summed E-state index contributed by atoms with van der Waals surface area (Å²) in [5.74, 6) is -3.27. The first-order valence-corrected chi connectivity index (χ1v) is 22.5. The standard InChI is InChI=1S/C47H56O20/c1-7-8-20-11-19-12-21-31(38(53)30(19)47(57)63-20)33-34(41(56)37(21)52)45(59-6)46-35(40(33)55)39(54)32-22(48)9-10-25(44(32)67-46)64-27-13-23(49)42(17(3)61-27)65-28-14-24(50)43(18(4)62-28)66-29-15-26(58-5)36(51)16(2)60-29/h9-10,12,16-18,20,23-24,26-29,36-37,41-43,48-53,55-56H,7-8,11,13-15H2,1-6H3/t16?,17?,18?,20?,23-,24-,26-,27-,28-,29-,36+,37+,41-,42+,43+/m0/s1. The molecule has 4 unspecified atom stereocenters. The van der Waals surface area contributed by atoms with Crippen LogP contribution in [-0.2, 0) is 39.6 Å². The third-order valence-corrected chi connectivity index (χ3v) is 13.6. The van der Waals surface area contributed by atoms with Gasteiger partial charge in [0.05, 0.1) is 43.7 Å². The van der Waals surface area contributed by atoms with Gasteiger partial charge in [0.1, 0.15) is 70.2 Å². The highest BCUT2D eigenvalue weighted by Crippen LogP contribution is 2.58. The number of hydrogen-bond donors (Lipinski definition) is 8. The molecule has 5 heterocycles. The number of phenolic OH excluding ortho intramolecular Hbond substituents is 3. The third-order valence-electron chi connectivity index (χ3n) is 13.6. The minimum atomic E-state index is -1.80. The van der Waals surface area contributed by atoms with Crippen LogP contribution >= 0.6 is 0 Å². The van der Waals surface area contributed by atoms with Crippen LogP contribution in [-0.4, -0.2) is 141 Å². The topological polar surface area (TPSA) is 292 Å². The van der Waals surface area contributed by atoms with Crippen molar-refractivity contribution in [3.05, 3.63) is 50.7 Å². The van der Waals surface area contributed by atoms with E-state index in [1.54, 1.807) is 20.8 Å².